The molecule has 0 heterocycles. The maximum absolute atomic E-state index is 13.4. The fourth-order valence-corrected chi connectivity index (χ4v) is 12.0. The van der Waals surface area contributed by atoms with E-state index in [9.17, 15) is 14.4 Å². The number of hydrogen-bond donors (Lipinski definition) is 0. The van der Waals surface area contributed by atoms with Gasteiger partial charge in [-0.15, -0.1) is 0 Å². The number of ether oxygens (including phenoxy) is 6. The monoisotopic (exact) mass is 1210 g/mol. The van der Waals surface area contributed by atoms with Crippen molar-refractivity contribution in [3.8, 4) is 17.2 Å². The van der Waals surface area contributed by atoms with Gasteiger partial charge in [-0.2, -0.15) is 0 Å². The number of rotatable bonds is 18. The van der Waals surface area contributed by atoms with Gasteiger partial charge >= 0.3 is 18.5 Å². The molecule has 0 unspecified atom stereocenters. The van der Waals surface area contributed by atoms with E-state index in [1.807, 2.05) is 62.3 Å². The van der Waals surface area contributed by atoms with Crippen molar-refractivity contribution in [1.29, 1.82) is 0 Å². The number of anilines is 3. The third-order valence-corrected chi connectivity index (χ3v) is 16.5. The summed E-state index contributed by atoms with van der Waals surface area (Å²) in [6.45, 7) is 68.0. The summed E-state index contributed by atoms with van der Waals surface area (Å²) >= 11 is 0. The zero-order valence-corrected chi connectivity index (χ0v) is 60.7. The summed E-state index contributed by atoms with van der Waals surface area (Å²) in [5, 5.41) is 0. The molecule has 0 spiro atoms. The van der Waals surface area contributed by atoms with Crippen molar-refractivity contribution in [3.05, 3.63) is 69.8 Å². The summed E-state index contributed by atoms with van der Waals surface area (Å²) in [6, 6.07) is 13.5. The number of carbonyl (C=O) groups is 3. The lowest BCUT2D eigenvalue weighted by atomic mass is 9.71. The van der Waals surface area contributed by atoms with E-state index in [1.54, 1.807) is 0 Å². The van der Waals surface area contributed by atoms with Gasteiger partial charge in [0.05, 0.1) is 0 Å². The van der Waals surface area contributed by atoms with E-state index in [0.717, 1.165) is 128 Å². The fraction of sp³-hybridized carbons (Fsp3) is 0.720. The van der Waals surface area contributed by atoms with Crippen LogP contribution in [0.2, 0.25) is 0 Å². The molecule has 0 atom stereocenters. The lowest BCUT2D eigenvalue weighted by Gasteiger charge is -2.39. The number of nitrogens with zero attached hydrogens (tertiary/aromatic N) is 3. The van der Waals surface area contributed by atoms with Crippen LogP contribution in [-0.2, 0) is 46.7 Å². The molecule has 0 amide bonds. The van der Waals surface area contributed by atoms with Gasteiger partial charge in [-0.3, -0.25) is 0 Å². The normalized spacial score (nSPS) is 16.7. The molecule has 1 saturated carbocycles. The van der Waals surface area contributed by atoms with Gasteiger partial charge in [-0.05, 0) is 208 Å². The van der Waals surface area contributed by atoms with Crippen molar-refractivity contribution in [1.82, 2.24) is 0 Å². The Kier molecular flexibility index (Phi) is 23.9. The van der Waals surface area contributed by atoms with Crippen molar-refractivity contribution in [2.24, 2.45) is 17.8 Å². The second-order valence-electron chi connectivity index (χ2n) is 34.2. The fourth-order valence-electron chi connectivity index (χ4n) is 12.0. The Hall–Kier alpha value is -5.13. The Morgan fingerprint density at radius 3 is 0.644 bits per heavy atom. The Labute approximate surface area is 530 Å². The second kappa shape index (κ2) is 27.9. The van der Waals surface area contributed by atoms with Gasteiger partial charge in [0, 0.05) is 89.7 Å². The largest absolute Gasteiger partial charge is 0.514 e. The number of hydrogen-bond acceptors (Lipinski definition) is 12. The van der Waals surface area contributed by atoms with Crippen LogP contribution < -0.4 is 28.9 Å². The Morgan fingerprint density at radius 1 is 0.333 bits per heavy atom. The number of benzene rings is 3. The highest BCUT2D eigenvalue weighted by Crippen LogP contribution is 2.48. The zero-order chi connectivity index (χ0) is 66.6. The highest BCUT2D eigenvalue weighted by molar-refractivity contribution is 5.72. The molecular weight excluding hydrogens is 1090 g/mol. The first-order valence-corrected chi connectivity index (χ1v) is 32.9. The number of carbonyl (C=O) groups excluding carboxylic acids is 3. The van der Waals surface area contributed by atoms with Crippen molar-refractivity contribution < 1.29 is 42.8 Å². The molecular formula is C75H123N3O9. The highest BCUT2D eigenvalue weighted by atomic mass is 16.7. The molecule has 87 heavy (non-hydrogen) atoms. The Balaban J connectivity index is 1.81. The summed E-state index contributed by atoms with van der Waals surface area (Å²) < 4.78 is 35.8. The molecule has 0 aliphatic heterocycles. The molecule has 0 saturated heterocycles. The van der Waals surface area contributed by atoms with Crippen molar-refractivity contribution in [3.63, 3.8) is 0 Å². The van der Waals surface area contributed by atoms with Gasteiger partial charge in [-0.25, -0.2) is 14.4 Å². The van der Waals surface area contributed by atoms with Crippen LogP contribution in [0.3, 0.4) is 0 Å². The van der Waals surface area contributed by atoms with E-state index >= 15 is 0 Å². The van der Waals surface area contributed by atoms with Crippen LogP contribution in [0.1, 0.15) is 280 Å². The van der Waals surface area contributed by atoms with Gasteiger partial charge in [0.1, 0.15) is 34.1 Å². The lowest BCUT2D eigenvalue weighted by Crippen LogP contribution is -2.34. The summed E-state index contributed by atoms with van der Waals surface area (Å²) in [5.41, 5.74) is 5.29. The maximum atomic E-state index is 13.4. The van der Waals surface area contributed by atoms with E-state index in [2.05, 4.69) is 196 Å². The van der Waals surface area contributed by atoms with E-state index in [-0.39, 0.29) is 32.5 Å². The Bertz CT molecular complexity index is 2390. The van der Waals surface area contributed by atoms with Crippen LogP contribution in [0, 0.1) is 17.8 Å². The third-order valence-electron chi connectivity index (χ3n) is 16.5. The van der Waals surface area contributed by atoms with Crippen molar-refractivity contribution >= 4 is 35.5 Å². The molecule has 4 rings (SSSR count). The van der Waals surface area contributed by atoms with Gasteiger partial charge in [0.15, 0.2) is 0 Å². The van der Waals surface area contributed by atoms with Crippen LogP contribution >= 0.6 is 0 Å². The Morgan fingerprint density at radius 2 is 0.506 bits per heavy atom. The maximum Gasteiger partial charge on any atom is 0.514 e. The minimum atomic E-state index is -0.692. The molecule has 1 fully saturated rings. The first-order valence-electron chi connectivity index (χ1n) is 32.9. The van der Waals surface area contributed by atoms with E-state index in [0.29, 0.717) is 35.0 Å². The van der Waals surface area contributed by atoms with Crippen molar-refractivity contribution in [2.75, 3.05) is 54.0 Å². The zero-order valence-electron chi connectivity index (χ0n) is 60.7. The molecule has 12 heteroatoms. The van der Waals surface area contributed by atoms with Gasteiger partial charge in [0.2, 0.25) is 0 Å². The van der Waals surface area contributed by atoms with Crippen molar-refractivity contribution in [2.45, 2.75) is 296 Å². The molecule has 1 aliphatic rings. The molecule has 3 aromatic carbocycles. The molecule has 0 bridgehead atoms. The average molecular weight is 1210 g/mol. The van der Waals surface area contributed by atoms with Crippen LogP contribution in [0.15, 0.2) is 36.4 Å². The predicted octanol–water partition coefficient (Wildman–Crippen LogP) is 20.5. The van der Waals surface area contributed by atoms with Crippen LogP contribution in [0.5, 0.6) is 17.2 Å². The van der Waals surface area contributed by atoms with E-state index in [1.165, 1.54) is 0 Å². The molecule has 12 nitrogen and oxygen atoms in total. The highest BCUT2D eigenvalue weighted by Gasteiger charge is 2.37. The SMILES string of the molecule is CCN(CCC1CC(CCN(CC)c2cc(C(C)(C)C)c(OC(=O)OC(C)(C)C)c(C(C)(C)C)c2)CC(CCN(CC)c2cc(C(C)(C)C)c(OC(=O)OC(C)(C)C)c(C(C)(C)C)c2)C1)c1cc(C(C)(C)C)c(OC(=O)OC(C)(C)C)c(C(C)(C)C)c1. The van der Waals surface area contributed by atoms with Gasteiger partial charge in [-0.1, -0.05) is 125 Å². The molecule has 3 aromatic rings. The smallest absolute Gasteiger partial charge is 0.428 e. The van der Waals surface area contributed by atoms with Gasteiger partial charge in [0.25, 0.3) is 0 Å². The summed E-state index contributed by atoms with van der Waals surface area (Å²) in [4.78, 5) is 47.8. The minimum Gasteiger partial charge on any atom is -0.428 e. The summed E-state index contributed by atoms with van der Waals surface area (Å²) in [6.07, 6.45) is 4.53. The standard InChI is InChI=1S/C75H123N3O9/c1-31-76(52-43-55(67(4,5)6)61(56(44-52)68(7,8)9)82-64(79)85-73(22,23)24)37-34-49-40-50(35-38-77(32-2)53-45-57(69(10,11)12)62(58(46-53)70(13,14)15)83-65(80)86-74(25,26)27)42-51(41-49)36-39-78(33-3)54-47-59(71(16,17)18)63(60(48-54)72(19,20)21)84-66(81)87-75(28,29)30/h43-51H,31-42H2,1-30H3. The first kappa shape index (κ1) is 74.3. The molecule has 0 N–H and O–H groups in total. The van der Waals surface area contributed by atoms with E-state index < -0.39 is 35.3 Å². The molecule has 492 valence electrons. The average Bonchev–Trinajstić information content (AvgIpc) is 0.856. The third kappa shape index (κ3) is 22.1. The minimum absolute atomic E-state index is 0.327. The van der Waals surface area contributed by atoms with Crippen LogP contribution in [0.25, 0.3) is 0 Å². The second-order valence-corrected chi connectivity index (χ2v) is 34.2. The summed E-state index contributed by atoms with van der Waals surface area (Å²) in [7, 11) is 0. The molecule has 0 aromatic heterocycles. The lowest BCUT2D eigenvalue weighted by molar-refractivity contribution is 0.0186. The van der Waals surface area contributed by atoms with E-state index in [4.69, 9.17) is 28.4 Å². The topological polar surface area (TPSA) is 116 Å². The molecule has 1 aliphatic carbocycles. The molecule has 0 radical (unpaired) electrons. The first-order chi connectivity index (χ1) is 39.3. The quantitative estimate of drug-likeness (QED) is 0.0686. The van der Waals surface area contributed by atoms with Gasteiger partial charge < -0.3 is 43.1 Å². The van der Waals surface area contributed by atoms with Crippen LogP contribution in [-0.4, -0.2) is 74.5 Å². The predicted molar refractivity (Wildman–Crippen MR) is 364 cm³/mol. The summed E-state index contributed by atoms with van der Waals surface area (Å²) in [5.74, 6) is 3.27. The van der Waals surface area contributed by atoms with Crippen LogP contribution in [0.4, 0.5) is 31.4 Å².